The highest BCUT2D eigenvalue weighted by Gasteiger charge is 2.13. The van der Waals surface area contributed by atoms with E-state index in [4.69, 9.17) is 35.5 Å². The molecular weight excluding hydrogens is 414 g/mol. The summed E-state index contributed by atoms with van der Waals surface area (Å²) in [6, 6.07) is 0. The first kappa shape index (κ1) is 29.4. The zero-order chi connectivity index (χ0) is 20.5. The van der Waals surface area contributed by atoms with E-state index in [-0.39, 0.29) is 0 Å². The first-order chi connectivity index (χ1) is 12.1. The van der Waals surface area contributed by atoms with Crippen LogP contribution in [0.5, 0.6) is 0 Å². The van der Waals surface area contributed by atoms with Crippen molar-refractivity contribution >= 4 is 35.3 Å². The second-order valence-corrected chi connectivity index (χ2v) is 14.6. The molecule has 0 aliphatic carbocycles. The Morgan fingerprint density at radius 1 is 0.692 bits per heavy atom. The van der Waals surface area contributed by atoms with Crippen LogP contribution in [-0.2, 0) is 30.9 Å². The molecule has 6 nitrogen and oxygen atoms in total. The summed E-state index contributed by atoms with van der Waals surface area (Å²) >= 11 is 4.79. The van der Waals surface area contributed by atoms with Gasteiger partial charge in [0.25, 0.3) is 6.72 Å². The van der Waals surface area contributed by atoms with E-state index in [0.29, 0.717) is 13.2 Å². The highest BCUT2D eigenvalue weighted by atomic mass is 32.5. The zero-order valence-electron chi connectivity index (χ0n) is 16.8. The lowest BCUT2D eigenvalue weighted by molar-refractivity contribution is 0.192. The molecule has 26 heavy (non-hydrogen) atoms. The molecule has 0 aromatic rings. The van der Waals surface area contributed by atoms with Crippen molar-refractivity contribution < 1.29 is 28.6 Å². The molecule has 0 aromatic heterocycles. The Bertz CT molecular complexity index is 397. The molecule has 0 heterocycles. The highest BCUT2D eigenvalue weighted by Crippen LogP contribution is 2.43. The van der Waals surface area contributed by atoms with Gasteiger partial charge in [-0.3, -0.25) is 0 Å². The normalized spacial score (nSPS) is 12.2. The molecule has 0 aromatic carbocycles. The van der Waals surface area contributed by atoms with Gasteiger partial charge in [-0.05, 0) is 49.0 Å². The minimum absolute atomic E-state index is 0.496. The first-order valence-electron chi connectivity index (χ1n) is 9.51. The number of hydrogen-bond donors (Lipinski definition) is 4. The summed E-state index contributed by atoms with van der Waals surface area (Å²) in [5.74, 6) is 1.52. The van der Waals surface area contributed by atoms with Crippen LogP contribution < -0.4 is 0 Å². The van der Waals surface area contributed by atoms with Crippen LogP contribution in [0.15, 0.2) is 0 Å². The van der Waals surface area contributed by atoms with Crippen LogP contribution in [0.2, 0.25) is 0 Å². The van der Waals surface area contributed by atoms with Crippen molar-refractivity contribution in [3.8, 4) is 0 Å². The van der Waals surface area contributed by atoms with Gasteiger partial charge in [0, 0.05) is 0 Å². The van der Waals surface area contributed by atoms with Crippen LogP contribution in [0.25, 0.3) is 0 Å². The summed E-state index contributed by atoms with van der Waals surface area (Å²) in [6.07, 6.45) is 7.90. The second-order valence-electron chi connectivity index (χ2n) is 5.93. The molecule has 0 unspecified atom stereocenters. The Hall–Kier alpha value is 1.19. The van der Waals surface area contributed by atoms with E-state index >= 15 is 0 Å². The van der Waals surface area contributed by atoms with Gasteiger partial charge >= 0.3 is 6.72 Å². The minimum atomic E-state index is -3.56. The molecule has 0 bridgehead atoms. The van der Waals surface area contributed by atoms with Crippen LogP contribution in [0.1, 0.15) is 79.1 Å². The van der Waals surface area contributed by atoms with E-state index in [1.165, 1.54) is 0 Å². The van der Waals surface area contributed by atoms with Gasteiger partial charge in [-0.1, -0.05) is 53.4 Å². The standard InChI is InChI=1S/C8H21O3PS.C8H19O3PS/c1-3-5-7-13(8-6-4-2)12(9,10)11;1-3-5-7-10-12(9,13)11-8-6-4-2/h9-11H,3-8H2,1-2H3;3-8H2,1-2H3,(H,9,13). The van der Waals surface area contributed by atoms with Gasteiger partial charge in [-0.2, -0.15) is 0 Å². The molecule has 0 atom stereocenters. The predicted molar refractivity (Wildman–Crippen MR) is 119 cm³/mol. The van der Waals surface area contributed by atoms with Gasteiger partial charge < -0.3 is 28.6 Å². The Kier molecular flexibility index (Phi) is 20.6. The van der Waals surface area contributed by atoms with Gasteiger partial charge in [0.05, 0.1) is 13.2 Å². The molecule has 0 aliphatic rings. The quantitative estimate of drug-likeness (QED) is 0.223. The summed E-state index contributed by atoms with van der Waals surface area (Å²) in [5.41, 5.74) is 0. The van der Waals surface area contributed by atoms with E-state index in [1.807, 2.05) is 0 Å². The Morgan fingerprint density at radius 3 is 1.31 bits per heavy atom. The fourth-order valence-corrected chi connectivity index (χ4v) is 7.08. The summed E-state index contributed by atoms with van der Waals surface area (Å²) in [4.78, 5) is 36.9. The fourth-order valence-electron chi connectivity index (χ4n) is 1.65. The zero-order valence-corrected chi connectivity index (χ0v) is 20.2. The van der Waals surface area contributed by atoms with E-state index in [9.17, 15) is 4.89 Å². The molecular formula is C16H40O6P2S2. The molecule has 4 N–H and O–H groups in total. The van der Waals surface area contributed by atoms with Crippen LogP contribution in [0.3, 0.4) is 0 Å². The average molecular weight is 455 g/mol. The number of hydrogen-bond acceptors (Lipinski definition) is 3. The first-order valence-corrected chi connectivity index (χ1v) is 15.9. The maximum absolute atomic E-state index is 9.45. The lowest BCUT2D eigenvalue weighted by Gasteiger charge is -2.14. The van der Waals surface area contributed by atoms with Crippen molar-refractivity contribution in [2.45, 2.75) is 79.1 Å². The van der Waals surface area contributed by atoms with Crippen molar-refractivity contribution in [3.05, 3.63) is 0 Å². The van der Waals surface area contributed by atoms with Crippen LogP contribution >= 0.6 is 13.4 Å². The van der Waals surface area contributed by atoms with Gasteiger partial charge in [0.2, 0.25) is 0 Å². The van der Waals surface area contributed by atoms with Crippen molar-refractivity contribution in [2.24, 2.45) is 0 Å². The topological polar surface area (TPSA) is 99.4 Å². The largest absolute Gasteiger partial charge is 0.329 e. The Labute approximate surface area is 167 Å². The Balaban J connectivity index is 0. The van der Waals surface area contributed by atoms with Crippen molar-refractivity contribution in [1.82, 2.24) is 0 Å². The summed E-state index contributed by atoms with van der Waals surface area (Å²) in [5, 5.41) is 0. The van der Waals surface area contributed by atoms with E-state index in [2.05, 4.69) is 27.7 Å². The summed E-state index contributed by atoms with van der Waals surface area (Å²) in [6.45, 7) is 2.76. The van der Waals surface area contributed by atoms with E-state index < -0.39 is 23.5 Å². The monoisotopic (exact) mass is 454 g/mol. The van der Waals surface area contributed by atoms with Gasteiger partial charge in [0.15, 0.2) is 0 Å². The predicted octanol–water partition coefficient (Wildman–Crippen LogP) is 4.70. The lowest BCUT2D eigenvalue weighted by Crippen LogP contribution is -2.05. The lowest BCUT2D eigenvalue weighted by atomic mass is 10.4. The SMILES string of the molecule is CCCCOP(O)(=S)OCCCC.CCCCS(CCCC)=P(O)(O)O. The molecule has 10 heteroatoms. The average Bonchev–Trinajstić information content (AvgIpc) is 2.54. The number of unbranched alkanes of at least 4 members (excludes halogenated alkanes) is 4. The third-order valence-electron chi connectivity index (χ3n) is 3.32. The molecule has 0 rings (SSSR count). The summed E-state index contributed by atoms with van der Waals surface area (Å²) in [7, 11) is -0.564. The van der Waals surface area contributed by atoms with Crippen molar-refractivity contribution in [2.75, 3.05) is 24.7 Å². The summed E-state index contributed by atoms with van der Waals surface area (Å²) < 4.78 is 10.2. The third-order valence-corrected chi connectivity index (χ3v) is 10.4. The highest BCUT2D eigenvalue weighted by molar-refractivity contribution is 8.27. The van der Waals surface area contributed by atoms with E-state index in [1.54, 1.807) is 0 Å². The number of rotatable bonds is 14. The molecule has 0 spiro atoms. The molecule has 162 valence electrons. The second kappa shape index (κ2) is 18.2. The van der Waals surface area contributed by atoms with Gasteiger partial charge in [-0.25, -0.2) is 0 Å². The molecule has 0 saturated heterocycles. The Morgan fingerprint density at radius 2 is 1.04 bits per heavy atom. The van der Waals surface area contributed by atoms with Gasteiger partial charge in [-0.15, -0.1) is 10.1 Å². The molecule has 0 aliphatic heterocycles. The van der Waals surface area contributed by atoms with Crippen molar-refractivity contribution in [1.29, 1.82) is 0 Å². The maximum Gasteiger partial charge on any atom is 0.324 e. The molecule has 0 radical (unpaired) electrons. The molecule has 0 fully saturated rings. The maximum atomic E-state index is 9.45. The molecule has 0 amide bonds. The molecule has 0 saturated carbocycles. The van der Waals surface area contributed by atoms with E-state index in [0.717, 1.165) is 62.9 Å². The third kappa shape index (κ3) is 19.9. The van der Waals surface area contributed by atoms with Crippen LogP contribution in [0, 0.1) is 0 Å². The minimum Gasteiger partial charge on any atom is -0.329 e. The van der Waals surface area contributed by atoms with Crippen molar-refractivity contribution in [3.63, 3.8) is 0 Å². The smallest absolute Gasteiger partial charge is 0.324 e. The van der Waals surface area contributed by atoms with Crippen LogP contribution in [0.4, 0.5) is 0 Å². The van der Waals surface area contributed by atoms with Gasteiger partial charge in [0.1, 0.15) is 0 Å². The fraction of sp³-hybridized carbons (Fsp3) is 1.00. The van der Waals surface area contributed by atoms with Crippen LogP contribution in [-0.4, -0.2) is 44.3 Å².